The average molecular weight is 367 g/mol. The summed E-state index contributed by atoms with van der Waals surface area (Å²) in [6.07, 6.45) is 1.01. The first kappa shape index (κ1) is 19.1. The Morgan fingerprint density at radius 2 is 1.81 bits per heavy atom. The Hall–Kier alpha value is -2.63. The van der Waals surface area contributed by atoms with E-state index in [2.05, 4.69) is 77.5 Å². The van der Waals surface area contributed by atoms with Gasteiger partial charge in [-0.05, 0) is 49.4 Å². The minimum Gasteiger partial charge on any atom is -0.360 e. The van der Waals surface area contributed by atoms with E-state index in [1.54, 1.807) is 0 Å². The quantitative estimate of drug-likeness (QED) is 0.822. The Bertz CT molecular complexity index is 778. The fourth-order valence-electron chi connectivity index (χ4n) is 3.39. The monoisotopic (exact) mass is 367 g/mol. The molecule has 6 nitrogen and oxygen atoms in total. The highest BCUT2D eigenvalue weighted by Gasteiger charge is 2.16. The SMILES string of the molecule is Cc1nc(NCc2ccc(N3CCNC(=O)C3)cc2)nc(C)c1CC(C)C. The molecule has 0 spiro atoms. The van der Waals surface area contributed by atoms with Crippen LogP contribution in [0.25, 0.3) is 0 Å². The Morgan fingerprint density at radius 1 is 1.15 bits per heavy atom. The molecule has 3 rings (SSSR count). The van der Waals surface area contributed by atoms with Gasteiger partial charge in [-0.1, -0.05) is 26.0 Å². The van der Waals surface area contributed by atoms with Crippen LogP contribution >= 0.6 is 0 Å². The Labute approximate surface area is 161 Å². The topological polar surface area (TPSA) is 70.2 Å². The summed E-state index contributed by atoms with van der Waals surface area (Å²) >= 11 is 0. The van der Waals surface area contributed by atoms with Crippen LogP contribution in [0, 0.1) is 19.8 Å². The fourth-order valence-corrected chi connectivity index (χ4v) is 3.39. The third kappa shape index (κ3) is 4.96. The van der Waals surface area contributed by atoms with E-state index in [0.29, 0.717) is 31.5 Å². The van der Waals surface area contributed by atoms with E-state index in [9.17, 15) is 4.79 Å². The number of rotatable bonds is 6. The molecule has 1 aliphatic rings. The van der Waals surface area contributed by atoms with Crippen molar-refractivity contribution in [3.8, 4) is 0 Å². The van der Waals surface area contributed by atoms with Gasteiger partial charge in [-0.2, -0.15) is 0 Å². The van der Waals surface area contributed by atoms with E-state index in [4.69, 9.17) is 0 Å². The van der Waals surface area contributed by atoms with Crippen LogP contribution in [0.4, 0.5) is 11.6 Å². The molecule has 0 bridgehead atoms. The first-order chi connectivity index (χ1) is 12.9. The molecular weight excluding hydrogens is 338 g/mol. The minimum atomic E-state index is 0.0794. The van der Waals surface area contributed by atoms with Crippen molar-refractivity contribution in [2.75, 3.05) is 29.9 Å². The molecule has 1 amide bonds. The molecular formula is C21H29N5O. The molecule has 0 aliphatic carbocycles. The molecule has 144 valence electrons. The number of amides is 1. The van der Waals surface area contributed by atoms with Crippen molar-refractivity contribution < 1.29 is 4.79 Å². The smallest absolute Gasteiger partial charge is 0.239 e. The first-order valence-electron chi connectivity index (χ1n) is 9.61. The molecule has 1 aromatic carbocycles. The number of carbonyl (C=O) groups is 1. The maximum atomic E-state index is 11.5. The zero-order valence-electron chi connectivity index (χ0n) is 16.7. The lowest BCUT2D eigenvalue weighted by atomic mass is 10.0. The predicted molar refractivity (Wildman–Crippen MR) is 109 cm³/mol. The number of hydrogen-bond donors (Lipinski definition) is 2. The molecule has 0 saturated carbocycles. The van der Waals surface area contributed by atoms with Crippen LogP contribution in [0.1, 0.15) is 36.4 Å². The summed E-state index contributed by atoms with van der Waals surface area (Å²) in [7, 11) is 0. The van der Waals surface area contributed by atoms with Crippen molar-refractivity contribution in [3.05, 3.63) is 46.8 Å². The maximum Gasteiger partial charge on any atom is 0.239 e. The van der Waals surface area contributed by atoms with Gasteiger partial charge < -0.3 is 15.5 Å². The van der Waals surface area contributed by atoms with Gasteiger partial charge in [-0.25, -0.2) is 9.97 Å². The van der Waals surface area contributed by atoms with Gasteiger partial charge in [0, 0.05) is 36.7 Å². The van der Waals surface area contributed by atoms with Crippen molar-refractivity contribution in [3.63, 3.8) is 0 Å². The molecule has 2 N–H and O–H groups in total. The zero-order chi connectivity index (χ0) is 19.4. The summed E-state index contributed by atoms with van der Waals surface area (Å²) in [6.45, 7) is 11.2. The third-order valence-electron chi connectivity index (χ3n) is 4.82. The molecule has 2 heterocycles. The van der Waals surface area contributed by atoms with E-state index in [0.717, 1.165) is 35.6 Å². The zero-order valence-corrected chi connectivity index (χ0v) is 16.7. The summed E-state index contributed by atoms with van der Waals surface area (Å²) in [6, 6.07) is 8.31. The number of benzene rings is 1. The molecule has 0 atom stereocenters. The highest BCUT2D eigenvalue weighted by atomic mass is 16.2. The van der Waals surface area contributed by atoms with Gasteiger partial charge in [0.25, 0.3) is 0 Å². The summed E-state index contributed by atoms with van der Waals surface area (Å²) in [5.41, 5.74) is 5.60. The molecule has 1 fully saturated rings. The highest BCUT2D eigenvalue weighted by Crippen LogP contribution is 2.19. The minimum absolute atomic E-state index is 0.0794. The van der Waals surface area contributed by atoms with Crippen LogP contribution in [0.2, 0.25) is 0 Å². The van der Waals surface area contributed by atoms with E-state index < -0.39 is 0 Å². The molecule has 6 heteroatoms. The number of carbonyl (C=O) groups excluding carboxylic acids is 1. The number of nitrogens with one attached hydrogen (secondary N) is 2. The number of aromatic nitrogens is 2. The molecule has 1 saturated heterocycles. The Morgan fingerprint density at radius 3 is 2.41 bits per heavy atom. The lowest BCUT2D eigenvalue weighted by Gasteiger charge is -2.28. The van der Waals surface area contributed by atoms with Crippen LogP contribution in [0.3, 0.4) is 0 Å². The van der Waals surface area contributed by atoms with Gasteiger partial charge in [0.1, 0.15) is 0 Å². The second-order valence-corrected chi connectivity index (χ2v) is 7.59. The van der Waals surface area contributed by atoms with Crippen molar-refractivity contribution >= 4 is 17.5 Å². The van der Waals surface area contributed by atoms with Crippen LogP contribution in [0.5, 0.6) is 0 Å². The normalized spacial score (nSPS) is 14.4. The van der Waals surface area contributed by atoms with Crippen molar-refractivity contribution in [2.45, 2.75) is 40.7 Å². The third-order valence-corrected chi connectivity index (χ3v) is 4.82. The highest BCUT2D eigenvalue weighted by molar-refractivity contribution is 5.82. The van der Waals surface area contributed by atoms with Crippen molar-refractivity contribution in [1.29, 1.82) is 0 Å². The molecule has 0 radical (unpaired) electrons. The lowest BCUT2D eigenvalue weighted by molar-refractivity contribution is -0.120. The number of nitrogens with zero attached hydrogens (tertiary/aromatic N) is 3. The molecule has 1 aromatic heterocycles. The first-order valence-corrected chi connectivity index (χ1v) is 9.61. The summed E-state index contributed by atoms with van der Waals surface area (Å²) in [5, 5.41) is 6.18. The molecule has 27 heavy (non-hydrogen) atoms. The average Bonchev–Trinajstić information content (AvgIpc) is 2.63. The van der Waals surface area contributed by atoms with E-state index in [1.165, 1.54) is 5.56 Å². The van der Waals surface area contributed by atoms with Gasteiger partial charge in [-0.15, -0.1) is 0 Å². The van der Waals surface area contributed by atoms with E-state index in [1.807, 2.05) is 0 Å². The van der Waals surface area contributed by atoms with E-state index >= 15 is 0 Å². The largest absolute Gasteiger partial charge is 0.360 e. The summed E-state index contributed by atoms with van der Waals surface area (Å²) in [5.74, 6) is 1.35. The predicted octanol–water partition coefficient (Wildman–Crippen LogP) is 2.84. The van der Waals surface area contributed by atoms with Gasteiger partial charge in [0.15, 0.2) is 0 Å². The van der Waals surface area contributed by atoms with Gasteiger partial charge in [0.2, 0.25) is 11.9 Å². The second-order valence-electron chi connectivity index (χ2n) is 7.59. The number of hydrogen-bond acceptors (Lipinski definition) is 5. The lowest BCUT2D eigenvalue weighted by Crippen LogP contribution is -2.47. The number of anilines is 2. The molecule has 2 aromatic rings. The van der Waals surface area contributed by atoms with Crippen LogP contribution in [-0.2, 0) is 17.8 Å². The Balaban J connectivity index is 1.62. The summed E-state index contributed by atoms with van der Waals surface area (Å²) in [4.78, 5) is 22.9. The Kier molecular flexibility index (Phi) is 5.94. The van der Waals surface area contributed by atoms with Crippen LogP contribution < -0.4 is 15.5 Å². The van der Waals surface area contributed by atoms with Gasteiger partial charge >= 0.3 is 0 Å². The van der Waals surface area contributed by atoms with Gasteiger partial charge in [-0.3, -0.25) is 4.79 Å². The van der Waals surface area contributed by atoms with Crippen molar-refractivity contribution in [2.24, 2.45) is 5.92 Å². The second kappa shape index (κ2) is 8.37. The standard InChI is InChI=1S/C21H29N5O/c1-14(2)11-19-15(3)24-21(25-16(19)4)23-12-17-5-7-18(8-6-17)26-10-9-22-20(27)13-26/h5-8,14H,9-13H2,1-4H3,(H,22,27)(H,23,24,25). The molecule has 1 aliphatic heterocycles. The van der Waals surface area contributed by atoms with Crippen LogP contribution in [-0.4, -0.2) is 35.5 Å². The fraction of sp³-hybridized carbons (Fsp3) is 0.476. The summed E-state index contributed by atoms with van der Waals surface area (Å²) < 4.78 is 0. The molecule has 0 unspecified atom stereocenters. The van der Waals surface area contributed by atoms with Crippen LogP contribution in [0.15, 0.2) is 24.3 Å². The number of aryl methyl sites for hydroxylation is 2. The number of piperazine rings is 1. The van der Waals surface area contributed by atoms with Gasteiger partial charge in [0.05, 0.1) is 6.54 Å². The maximum absolute atomic E-state index is 11.5. The van der Waals surface area contributed by atoms with Crippen molar-refractivity contribution in [1.82, 2.24) is 15.3 Å². The van der Waals surface area contributed by atoms with E-state index in [-0.39, 0.29) is 5.91 Å².